The first-order valence-electron chi connectivity index (χ1n) is 9.08. The van der Waals surface area contributed by atoms with Gasteiger partial charge in [0.15, 0.2) is 0 Å². The molecule has 1 aromatic carbocycles. The number of hydrogen-bond donors (Lipinski definition) is 2. The molecule has 6 nitrogen and oxygen atoms in total. The van der Waals surface area contributed by atoms with E-state index < -0.39 is 0 Å². The molecule has 0 aliphatic carbocycles. The van der Waals surface area contributed by atoms with Crippen molar-refractivity contribution in [1.82, 2.24) is 20.4 Å². The van der Waals surface area contributed by atoms with Gasteiger partial charge in [-0.1, -0.05) is 30.3 Å². The minimum absolute atomic E-state index is 0.137. The van der Waals surface area contributed by atoms with Crippen LogP contribution < -0.4 is 10.6 Å². The molecule has 0 saturated carbocycles. The largest absolute Gasteiger partial charge is 0.467 e. The molecule has 140 valence electrons. The molecule has 0 bridgehead atoms. The third-order valence-corrected chi connectivity index (χ3v) is 4.69. The van der Waals surface area contributed by atoms with Gasteiger partial charge in [-0.3, -0.25) is 4.90 Å². The number of carbonyl (C=O) groups excluding carboxylic acids is 1. The number of amides is 2. The summed E-state index contributed by atoms with van der Waals surface area (Å²) in [4.78, 5) is 16.9. The van der Waals surface area contributed by atoms with Gasteiger partial charge in [-0.15, -0.1) is 0 Å². The second kappa shape index (κ2) is 8.87. The first-order valence-corrected chi connectivity index (χ1v) is 9.08. The maximum atomic E-state index is 12.3. The summed E-state index contributed by atoms with van der Waals surface area (Å²) in [6, 6.07) is 14.1. The summed E-state index contributed by atoms with van der Waals surface area (Å²) < 4.78 is 5.25. The fourth-order valence-electron chi connectivity index (χ4n) is 3.55. The highest BCUT2D eigenvalue weighted by atomic mass is 16.3. The van der Waals surface area contributed by atoms with Crippen LogP contribution in [-0.2, 0) is 13.1 Å². The summed E-state index contributed by atoms with van der Waals surface area (Å²) in [5, 5.41) is 6.03. The molecule has 2 atom stereocenters. The zero-order valence-electron chi connectivity index (χ0n) is 15.5. The summed E-state index contributed by atoms with van der Waals surface area (Å²) >= 11 is 0. The molecule has 26 heavy (non-hydrogen) atoms. The highest BCUT2D eigenvalue weighted by molar-refractivity contribution is 5.74. The standard InChI is InChI=1S/C20H28N4O2/c1-23(2)13-17-14-24(12-16-7-4-3-5-8-16)15-19(17)22-20(25)21-11-18-9-6-10-26-18/h3-10,17,19H,11-15H2,1-2H3,(H2,21,22,25)/t17-,19-/m1/s1. The monoisotopic (exact) mass is 356 g/mol. The van der Waals surface area contributed by atoms with Crippen molar-refractivity contribution >= 4 is 6.03 Å². The Labute approximate surface area is 155 Å². The first-order chi connectivity index (χ1) is 12.6. The lowest BCUT2D eigenvalue weighted by atomic mass is 10.0. The van der Waals surface area contributed by atoms with Crippen molar-refractivity contribution in [2.24, 2.45) is 5.92 Å². The molecule has 1 aromatic heterocycles. The Hall–Kier alpha value is -2.31. The second-order valence-corrected chi connectivity index (χ2v) is 7.21. The molecular weight excluding hydrogens is 328 g/mol. The molecule has 2 amide bonds. The van der Waals surface area contributed by atoms with E-state index in [1.807, 2.05) is 18.2 Å². The molecular formula is C20H28N4O2. The predicted molar refractivity (Wildman–Crippen MR) is 102 cm³/mol. The fourth-order valence-corrected chi connectivity index (χ4v) is 3.55. The van der Waals surface area contributed by atoms with Crippen molar-refractivity contribution in [2.75, 3.05) is 33.7 Å². The Morgan fingerprint density at radius 1 is 1.19 bits per heavy atom. The van der Waals surface area contributed by atoms with Gasteiger partial charge in [-0.05, 0) is 31.8 Å². The summed E-state index contributed by atoms with van der Waals surface area (Å²) in [6.07, 6.45) is 1.61. The van der Waals surface area contributed by atoms with Gasteiger partial charge in [0.2, 0.25) is 0 Å². The zero-order valence-corrected chi connectivity index (χ0v) is 15.5. The third kappa shape index (κ3) is 5.34. The van der Waals surface area contributed by atoms with Crippen LogP contribution in [0.3, 0.4) is 0 Å². The lowest BCUT2D eigenvalue weighted by Crippen LogP contribution is -2.47. The number of furan rings is 1. The highest BCUT2D eigenvalue weighted by Crippen LogP contribution is 2.20. The average molecular weight is 356 g/mol. The maximum absolute atomic E-state index is 12.3. The maximum Gasteiger partial charge on any atom is 0.315 e. The van der Waals surface area contributed by atoms with E-state index in [2.05, 4.69) is 58.8 Å². The number of nitrogens with one attached hydrogen (secondary N) is 2. The topological polar surface area (TPSA) is 60.8 Å². The third-order valence-electron chi connectivity index (χ3n) is 4.69. The van der Waals surface area contributed by atoms with Crippen LogP contribution in [-0.4, -0.2) is 55.6 Å². The SMILES string of the molecule is CN(C)C[C@@H]1CN(Cc2ccccc2)C[C@H]1NC(=O)NCc1ccco1. The van der Waals surface area contributed by atoms with Gasteiger partial charge in [-0.25, -0.2) is 4.79 Å². The van der Waals surface area contributed by atoms with E-state index in [1.165, 1.54) is 5.56 Å². The van der Waals surface area contributed by atoms with Gasteiger partial charge >= 0.3 is 6.03 Å². The molecule has 0 radical (unpaired) electrons. The van der Waals surface area contributed by atoms with Crippen molar-refractivity contribution in [3.05, 3.63) is 60.1 Å². The lowest BCUT2D eigenvalue weighted by Gasteiger charge is -2.23. The van der Waals surface area contributed by atoms with Gasteiger partial charge in [0.25, 0.3) is 0 Å². The fraction of sp³-hybridized carbons (Fsp3) is 0.450. The molecule has 2 heterocycles. The van der Waals surface area contributed by atoms with E-state index in [9.17, 15) is 4.79 Å². The number of carbonyl (C=O) groups is 1. The molecule has 0 unspecified atom stereocenters. The molecule has 3 rings (SSSR count). The number of nitrogens with zero attached hydrogens (tertiary/aromatic N) is 2. The molecule has 2 aromatic rings. The Morgan fingerprint density at radius 3 is 2.69 bits per heavy atom. The molecule has 1 aliphatic heterocycles. The Balaban J connectivity index is 1.55. The van der Waals surface area contributed by atoms with Crippen LogP contribution >= 0.6 is 0 Å². The molecule has 6 heteroatoms. The van der Waals surface area contributed by atoms with E-state index >= 15 is 0 Å². The quantitative estimate of drug-likeness (QED) is 0.798. The zero-order chi connectivity index (χ0) is 18.4. The lowest BCUT2D eigenvalue weighted by molar-refractivity contribution is 0.229. The number of likely N-dealkylation sites (tertiary alicyclic amines) is 1. The van der Waals surface area contributed by atoms with E-state index in [4.69, 9.17) is 4.42 Å². The van der Waals surface area contributed by atoms with Crippen molar-refractivity contribution in [3.63, 3.8) is 0 Å². The van der Waals surface area contributed by atoms with Crippen LogP contribution in [0.25, 0.3) is 0 Å². The van der Waals surface area contributed by atoms with Crippen LogP contribution in [0.5, 0.6) is 0 Å². The Bertz CT molecular complexity index is 672. The molecule has 2 N–H and O–H groups in total. The van der Waals surface area contributed by atoms with Crippen LogP contribution in [0.2, 0.25) is 0 Å². The van der Waals surface area contributed by atoms with Crippen molar-refractivity contribution < 1.29 is 9.21 Å². The number of urea groups is 1. The Kier molecular flexibility index (Phi) is 6.30. The molecule has 1 aliphatic rings. The van der Waals surface area contributed by atoms with Crippen molar-refractivity contribution in [2.45, 2.75) is 19.1 Å². The van der Waals surface area contributed by atoms with E-state index in [1.54, 1.807) is 6.26 Å². The first kappa shape index (κ1) is 18.5. The van der Waals surface area contributed by atoms with Gasteiger partial charge < -0.3 is 20.0 Å². The van der Waals surface area contributed by atoms with Gasteiger partial charge in [0.05, 0.1) is 12.8 Å². The molecule has 0 spiro atoms. The summed E-state index contributed by atoms with van der Waals surface area (Å²) in [5.41, 5.74) is 1.30. The Morgan fingerprint density at radius 2 is 2.00 bits per heavy atom. The van der Waals surface area contributed by atoms with Gasteiger partial charge in [0, 0.05) is 38.1 Å². The van der Waals surface area contributed by atoms with Crippen LogP contribution in [0, 0.1) is 5.92 Å². The normalized spacial score (nSPS) is 20.4. The van der Waals surface area contributed by atoms with Gasteiger partial charge in [-0.2, -0.15) is 0 Å². The predicted octanol–water partition coefficient (Wildman–Crippen LogP) is 2.14. The minimum Gasteiger partial charge on any atom is -0.467 e. The summed E-state index contributed by atoms with van der Waals surface area (Å²) in [6.45, 7) is 4.11. The van der Waals surface area contributed by atoms with Crippen molar-refractivity contribution in [1.29, 1.82) is 0 Å². The van der Waals surface area contributed by atoms with Gasteiger partial charge in [0.1, 0.15) is 5.76 Å². The second-order valence-electron chi connectivity index (χ2n) is 7.21. The minimum atomic E-state index is -0.142. The molecule has 1 fully saturated rings. The number of hydrogen-bond acceptors (Lipinski definition) is 4. The van der Waals surface area contributed by atoms with Crippen LogP contribution in [0.15, 0.2) is 53.1 Å². The summed E-state index contributed by atoms with van der Waals surface area (Å²) in [7, 11) is 4.15. The molecule has 1 saturated heterocycles. The van der Waals surface area contributed by atoms with E-state index in [0.29, 0.717) is 12.5 Å². The van der Waals surface area contributed by atoms with Crippen molar-refractivity contribution in [3.8, 4) is 0 Å². The summed E-state index contributed by atoms with van der Waals surface area (Å²) in [5.74, 6) is 1.16. The van der Waals surface area contributed by atoms with E-state index in [0.717, 1.165) is 31.9 Å². The number of rotatable bonds is 7. The number of benzene rings is 1. The van der Waals surface area contributed by atoms with E-state index in [-0.39, 0.29) is 12.1 Å². The van der Waals surface area contributed by atoms with Crippen LogP contribution in [0.1, 0.15) is 11.3 Å². The average Bonchev–Trinajstić information content (AvgIpc) is 3.24. The highest BCUT2D eigenvalue weighted by Gasteiger charge is 2.33. The smallest absolute Gasteiger partial charge is 0.315 e. The van der Waals surface area contributed by atoms with Crippen LogP contribution in [0.4, 0.5) is 4.79 Å².